The molecule has 9 heteroatoms. The molecule has 0 aliphatic heterocycles. The average Bonchev–Trinajstić information content (AvgIpc) is 3.13. The molecule has 0 radical (unpaired) electrons. The molecular formula is C24H29F2N3O3S. The topological polar surface area (TPSA) is 74.1 Å². The minimum atomic E-state index is -3.79. The fourth-order valence-corrected chi connectivity index (χ4v) is 5.66. The van der Waals surface area contributed by atoms with Crippen molar-refractivity contribution in [2.45, 2.75) is 74.1 Å². The second kappa shape index (κ2) is 8.34. The van der Waals surface area contributed by atoms with Crippen LogP contribution in [-0.2, 0) is 21.8 Å². The first-order chi connectivity index (χ1) is 15.4. The quantitative estimate of drug-likeness (QED) is 0.492. The maximum Gasteiger partial charge on any atom is 0.248 e. The van der Waals surface area contributed by atoms with Crippen molar-refractivity contribution in [3.63, 3.8) is 0 Å². The van der Waals surface area contributed by atoms with Gasteiger partial charge in [-0.25, -0.2) is 27.2 Å². The van der Waals surface area contributed by atoms with Crippen LogP contribution < -0.4 is 4.74 Å². The molecule has 0 N–H and O–H groups in total. The van der Waals surface area contributed by atoms with Gasteiger partial charge in [-0.15, -0.1) is 0 Å². The van der Waals surface area contributed by atoms with Crippen molar-refractivity contribution >= 4 is 20.9 Å². The van der Waals surface area contributed by atoms with E-state index >= 15 is 0 Å². The Kier molecular flexibility index (Phi) is 5.97. The molecule has 1 fully saturated rings. The Hall–Kier alpha value is -2.55. The zero-order valence-electron chi connectivity index (χ0n) is 19.3. The van der Waals surface area contributed by atoms with E-state index in [1.54, 1.807) is 18.2 Å². The van der Waals surface area contributed by atoms with Gasteiger partial charge in [-0.3, -0.25) is 0 Å². The standard InChI is InChI=1S/C24H29F2N3O3S/c1-23(2,3)22-28-19-13-17(33(30,31)18-9-12-27-21(14-18)32-4)5-6-20(19)29(22)15-16-7-10-24(25,26)11-8-16/h5-6,9,12-14,16H,7-8,10-11,15H2,1-4H3. The smallest absolute Gasteiger partial charge is 0.248 e. The van der Waals surface area contributed by atoms with Gasteiger partial charge in [-0.05, 0) is 43.0 Å². The van der Waals surface area contributed by atoms with Crippen LogP contribution in [-0.4, -0.2) is 36.0 Å². The molecule has 0 spiro atoms. The summed E-state index contributed by atoms with van der Waals surface area (Å²) in [4.78, 5) is 8.99. The zero-order chi connectivity index (χ0) is 24.0. The van der Waals surface area contributed by atoms with Crippen molar-refractivity contribution in [2.24, 2.45) is 5.92 Å². The van der Waals surface area contributed by atoms with Gasteiger partial charge in [-0.2, -0.15) is 0 Å². The minimum Gasteiger partial charge on any atom is -0.481 e. The third-order valence-electron chi connectivity index (χ3n) is 6.20. The van der Waals surface area contributed by atoms with Crippen LogP contribution in [0.4, 0.5) is 8.78 Å². The largest absolute Gasteiger partial charge is 0.481 e. The number of benzene rings is 1. The molecule has 0 bridgehead atoms. The third-order valence-corrected chi connectivity index (χ3v) is 7.95. The van der Waals surface area contributed by atoms with Gasteiger partial charge in [0.05, 0.1) is 27.9 Å². The Morgan fingerprint density at radius 1 is 1.12 bits per heavy atom. The molecule has 0 unspecified atom stereocenters. The fraction of sp³-hybridized carbons (Fsp3) is 0.500. The molecule has 0 atom stereocenters. The third kappa shape index (κ3) is 4.74. The Balaban J connectivity index is 1.74. The number of alkyl halides is 2. The van der Waals surface area contributed by atoms with Crippen LogP contribution in [0.25, 0.3) is 11.0 Å². The summed E-state index contributed by atoms with van der Waals surface area (Å²) in [6.45, 7) is 6.72. The number of sulfone groups is 1. The van der Waals surface area contributed by atoms with Crippen molar-refractivity contribution < 1.29 is 21.9 Å². The summed E-state index contributed by atoms with van der Waals surface area (Å²) in [7, 11) is -2.37. The summed E-state index contributed by atoms with van der Waals surface area (Å²) in [6, 6.07) is 7.74. The highest BCUT2D eigenvalue weighted by molar-refractivity contribution is 7.91. The van der Waals surface area contributed by atoms with Crippen molar-refractivity contribution in [3.8, 4) is 5.88 Å². The highest BCUT2D eigenvalue weighted by atomic mass is 32.2. The number of nitrogens with zero attached hydrogens (tertiary/aromatic N) is 3. The molecule has 6 nitrogen and oxygen atoms in total. The number of fused-ring (bicyclic) bond motifs is 1. The Morgan fingerprint density at radius 2 is 1.79 bits per heavy atom. The first kappa shape index (κ1) is 23.6. The molecule has 3 aromatic rings. The maximum atomic E-state index is 13.6. The molecule has 1 aliphatic carbocycles. The van der Waals surface area contributed by atoms with E-state index in [0.29, 0.717) is 24.9 Å². The lowest BCUT2D eigenvalue weighted by Gasteiger charge is -2.30. The van der Waals surface area contributed by atoms with E-state index in [0.717, 1.165) is 11.3 Å². The summed E-state index contributed by atoms with van der Waals surface area (Å²) in [5.41, 5.74) is 1.08. The van der Waals surface area contributed by atoms with Crippen molar-refractivity contribution in [1.82, 2.24) is 14.5 Å². The van der Waals surface area contributed by atoms with Gasteiger partial charge >= 0.3 is 0 Å². The van der Waals surface area contributed by atoms with Gasteiger partial charge in [0.15, 0.2) is 0 Å². The van der Waals surface area contributed by atoms with E-state index in [9.17, 15) is 17.2 Å². The maximum absolute atomic E-state index is 13.6. The molecule has 178 valence electrons. The molecule has 1 aliphatic rings. The van der Waals surface area contributed by atoms with Gasteiger partial charge in [0.2, 0.25) is 21.6 Å². The van der Waals surface area contributed by atoms with Crippen LogP contribution >= 0.6 is 0 Å². The van der Waals surface area contributed by atoms with Crippen LogP contribution in [0, 0.1) is 5.92 Å². The van der Waals surface area contributed by atoms with E-state index < -0.39 is 15.8 Å². The first-order valence-electron chi connectivity index (χ1n) is 11.0. The fourth-order valence-electron chi connectivity index (χ4n) is 4.38. The second-order valence-electron chi connectivity index (χ2n) is 9.78. The predicted molar refractivity (Wildman–Crippen MR) is 122 cm³/mol. The SMILES string of the molecule is COc1cc(S(=O)(=O)c2ccc3c(c2)nc(C(C)(C)C)n3CC2CCC(F)(F)CC2)ccn1. The average molecular weight is 478 g/mol. The number of hydrogen-bond donors (Lipinski definition) is 0. The molecular weight excluding hydrogens is 448 g/mol. The van der Waals surface area contributed by atoms with Crippen LogP contribution in [0.5, 0.6) is 5.88 Å². The van der Waals surface area contributed by atoms with Crippen LogP contribution in [0.2, 0.25) is 0 Å². The molecule has 0 saturated heterocycles. The van der Waals surface area contributed by atoms with E-state index in [1.807, 2.05) is 20.8 Å². The van der Waals surface area contributed by atoms with Crippen molar-refractivity contribution in [3.05, 3.63) is 42.4 Å². The number of rotatable bonds is 5. The summed E-state index contributed by atoms with van der Waals surface area (Å²) in [5, 5.41) is 0. The Labute approximate surface area is 192 Å². The van der Waals surface area contributed by atoms with Gasteiger partial charge < -0.3 is 9.30 Å². The Bertz CT molecular complexity index is 1270. The van der Waals surface area contributed by atoms with Crippen LogP contribution in [0.1, 0.15) is 52.3 Å². The van der Waals surface area contributed by atoms with Gasteiger partial charge in [0.1, 0.15) is 5.82 Å². The molecule has 4 rings (SSSR count). The number of hydrogen-bond acceptors (Lipinski definition) is 5. The van der Waals surface area contributed by atoms with Crippen molar-refractivity contribution in [1.29, 1.82) is 0 Å². The highest BCUT2D eigenvalue weighted by Gasteiger charge is 2.36. The lowest BCUT2D eigenvalue weighted by atomic mass is 9.86. The number of aromatic nitrogens is 3. The molecule has 2 aromatic heterocycles. The number of halogens is 2. The summed E-state index contributed by atoms with van der Waals surface area (Å²) in [6.07, 6.45) is 2.14. The van der Waals surface area contributed by atoms with Crippen LogP contribution in [0.3, 0.4) is 0 Å². The Morgan fingerprint density at radius 3 is 2.42 bits per heavy atom. The minimum absolute atomic E-state index is 0.0901. The van der Waals surface area contributed by atoms with Gasteiger partial charge in [-0.1, -0.05) is 20.8 Å². The second-order valence-corrected chi connectivity index (χ2v) is 11.7. The highest BCUT2D eigenvalue weighted by Crippen LogP contribution is 2.38. The van der Waals surface area contributed by atoms with Gasteiger partial charge in [0.25, 0.3) is 0 Å². The van der Waals surface area contributed by atoms with Gasteiger partial charge in [0, 0.05) is 37.1 Å². The monoisotopic (exact) mass is 477 g/mol. The number of pyridine rings is 1. The summed E-state index contributed by atoms with van der Waals surface area (Å²) >= 11 is 0. The zero-order valence-corrected chi connectivity index (χ0v) is 20.1. The van der Waals surface area contributed by atoms with E-state index in [1.165, 1.54) is 25.4 Å². The lowest BCUT2D eigenvalue weighted by Crippen LogP contribution is -2.28. The molecule has 0 amide bonds. The molecule has 33 heavy (non-hydrogen) atoms. The number of methoxy groups -OCH3 is 1. The van der Waals surface area contributed by atoms with E-state index in [4.69, 9.17) is 9.72 Å². The summed E-state index contributed by atoms with van der Waals surface area (Å²) < 4.78 is 60.9. The first-order valence-corrected chi connectivity index (χ1v) is 12.5. The lowest BCUT2D eigenvalue weighted by molar-refractivity contribution is -0.0473. The molecule has 2 heterocycles. The normalized spacial score (nSPS) is 17.4. The van der Waals surface area contributed by atoms with Crippen LogP contribution in [0.15, 0.2) is 46.3 Å². The van der Waals surface area contributed by atoms with Crippen molar-refractivity contribution in [2.75, 3.05) is 7.11 Å². The van der Waals surface area contributed by atoms with E-state index in [2.05, 4.69) is 9.55 Å². The molecule has 1 saturated carbocycles. The number of imidazole rings is 1. The number of ether oxygens (including phenoxy) is 1. The predicted octanol–water partition coefficient (Wildman–Crippen LogP) is 5.40. The van der Waals surface area contributed by atoms with E-state index in [-0.39, 0.29) is 39.8 Å². The summed E-state index contributed by atoms with van der Waals surface area (Å²) in [5.74, 6) is -1.40. The molecule has 1 aromatic carbocycles.